The van der Waals surface area contributed by atoms with E-state index >= 15 is 0 Å². The van der Waals surface area contributed by atoms with Crippen molar-refractivity contribution in [1.29, 1.82) is 0 Å². The third-order valence-electron chi connectivity index (χ3n) is 4.02. The predicted molar refractivity (Wildman–Crippen MR) is 111 cm³/mol. The number of nitrogens with one attached hydrogen (secondary N) is 3. The Morgan fingerprint density at radius 1 is 0.800 bits per heavy atom. The highest BCUT2D eigenvalue weighted by atomic mass is 19.3. The van der Waals surface area contributed by atoms with Gasteiger partial charge in [0.25, 0.3) is 5.91 Å². The van der Waals surface area contributed by atoms with E-state index in [0.717, 1.165) is 0 Å². The van der Waals surface area contributed by atoms with E-state index in [9.17, 15) is 18.4 Å². The second-order valence-corrected chi connectivity index (χ2v) is 6.14. The molecule has 0 aromatic heterocycles. The summed E-state index contributed by atoms with van der Waals surface area (Å²) in [6.07, 6.45) is 0. The minimum Gasteiger partial charge on any atom is -0.433 e. The van der Waals surface area contributed by atoms with Crippen LogP contribution in [0.1, 0.15) is 10.4 Å². The Hall–Kier alpha value is -3.94. The highest BCUT2D eigenvalue weighted by Gasteiger charge is 2.14. The molecule has 0 atom stereocenters. The molecule has 0 saturated heterocycles. The summed E-state index contributed by atoms with van der Waals surface area (Å²) in [4.78, 5) is 24.9. The second kappa shape index (κ2) is 10.0. The molecule has 8 heteroatoms. The van der Waals surface area contributed by atoms with Crippen molar-refractivity contribution in [3.05, 3.63) is 84.4 Å². The van der Waals surface area contributed by atoms with E-state index in [-0.39, 0.29) is 29.5 Å². The van der Waals surface area contributed by atoms with Gasteiger partial charge in [0.2, 0.25) is 5.91 Å². The molecule has 154 valence electrons. The number of hydrogen-bond donors (Lipinski definition) is 3. The number of carbonyl (C=O) groups is 2. The van der Waals surface area contributed by atoms with E-state index in [1.807, 2.05) is 6.07 Å². The van der Waals surface area contributed by atoms with E-state index in [2.05, 4.69) is 20.7 Å². The van der Waals surface area contributed by atoms with Crippen LogP contribution >= 0.6 is 0 Å². The fraction of sp³-hybridized carbons (Fsp3) is 0.0909. The van der Waals surface area contributed by atoms with Crippen molar-refractivity contribution in [2.24, 2.45) is 0 Å². The number of amides is 2. The van der Waals surface area contributed by atoms with Gasteiger partial charge in [0.15, 0.2) is 0 Å². The summed E-state index contributed by atoms with van der Waals surface area (Å²) in [5, 5.41) is 8.17. The highest BCUT2D eigenvalue weighted by Crippen LogP contribution is 2.25. The summed E-state index contributed by atoms with van der Waals surface area (Å²) in [6.45, 7) is -3.19. The van der Waals surface area contributed by atoms with Crippen LogP contribution in [-0.4, -0.2) is 25.0 Å². The molecule has 0 radical (unpaired) electrons. The molecule has 6 nitrogen and oxygen atoms in total. The quantitative estimate of drug-likeness (QED) is 0.507. The average Bonchev–Trinajstić information content (AvgIpc) is 2.74. The van der Waals surface area contributed by atoms with Crippen LogP contribution in [0.2, 0.25) is 0 Å². The molecule has 3 aromatic rings. The zero-order valence-electron chi connectivity index (χ0n) is 15.8. The first-order valence-electron chi connectivity index (χ1n) is 9.06. The van der Waals surface area contributed by atoms with Gasteiger partial charge in [-0.1, -0.05) is 42.5 Å². The minimum atomic E-state index is -2.98. The Morgan fingerprint density at radius 2 is 1.43 bits per heavy atom. The van der Waals surface area contributed by atoms with Crippen molar-refractivity contribution in [2.75, 3.05) is 22.5 Å². The predicted octanol–water partition coefficient (Wildman–Crippen LogP) is 4.59. The van der Waals surface area contributed by atoms with E-state index in [1.54, 1.807) is 60.7 Å². The molecular formula is C22H19F2N3O3. The number of ether oxygens (including phenoxy) is 1. The molecule has 3 aromatic carbocycles. The third kappa shape index (κ3) is 5.78. The number of benzene rings is 3. The first-order chi connectivity index (χ1) is 14.5. The average molecular weight is 411 g/mol. The van der Waals surface area contributed by atoms with Gasteiger partial charge < -0.3 is 20.7 Å². The summed E-state index contributed by atoms with van der Waals surface area (Å²) in [6, 6.07) is 21.6. The highest BCUT2D eigenvalue weighted by molar-refractivity contribution is 6.10. The Balaban J connectivity index is 1.64. The van der Waals surface area contributed by atoms with Gasteiger partial charge in [0.05, 0.1) is 23.5 Å². The number of para-hydroxylation sites is 4. The van der Waals surface area contributed by atoms with Crippen molar-refractivity contribution >= 4 is 28.9 Å². The van der Waals surface area contributed by atoms with Crippen LogP contribution in [0.15, 0.2) is 78.9 Å². The molecule has 3 rings (SSSR count). The lowest BCUT2D eigenvalue weighted by atomic mass is 10.1. The molecule has 0 saturated carbocycles. The van der Waals surface area contributed by atoms with Gasteiger partial charge >= 0.3 is 6.61 Å². The van der Waals surface area contributed by atoms with E-state index in [4.69, 9.17) is 0 Å². The lowest BCUT2D eigenvalue weighted by Crippen LogP contribution is -2.24. The van der Waals surface area contributed by atoms with Crippen LogP contribution in [-0.2, 0) is 4.79 Å². The van der Waals surface area contributed by atoms with E-state index in [1.165, 1.54) is 12.1 Å². The van der Waals surface area contributed by atoms with Crippen LogP contribution < -0.4 is 20.7 Å². The maximum atomic E-state index is 12.6. The second-order valence-electron chi connectivity index (χ2n) is 6.14. The van der Waals surface area contributed by atoms with E-state index in [0.29, 0.717) is 11.4 Å². The summed E-state index contributed by atoms with van der Waals surface area (Å²) >= 11 is 0. The van der Waals surface area contributed by atoms with Gasteiger partial charge in [-0.2, -0.15) is 8.78 Å². The minimum absolute atomic E-state index is 0.0667. The Morgan fingerprint density at radius 3 is 2.17 bits per heavy atom. The first-order valence-corrected chi connectivity index (χ1v) is 9.06. The standard InChI is InChI=1S/C22H19F2N3O3/c23-22(24)30-19-13-7-6-12-18(19)25-14-20(28)27-17-11-5-4-10-16(17)21(29)26-15-8-2-1-3-9-15/h1-13,22,25H,14H2,(H,26,29)(H,27,28). The van der Waals surface area contributed by atoms with Crippen molar-refractivity contribution in [3.63, 3.8) is 0 Å². The van der Waals surface area contributed by atoms with E-state index < -0.39 is 12.5 Å². The van der Waals surface area contributed by atoms with Crippen molar-refractivity contribution in [1.82, 2.24) is 0 Å². The van der Waals surface area contributed by atoms with Crippen LogP contribution in [0, 0.1) is 0 Å². The fourth-order valence-electron chi connectivity index (χ4n) is 2.69. The van der Waals surface area contributed by atoms with Gasteiger partial charge in [-0.25, -0.2) is 0 Å². The Kier molecular flexibility index (Phi) is 6.94. The molecule has 0 spiro atoms. The zero-order chi connectivity index (χ0) is 21.3. The smallest absolute Gasteiger partial charge is 0.387 e. The number of anilines is 3. The molecule has 0 unspecified atom stereocenters. The Bertz CT molecular complexity index is 1010. The monoisotopic (exact) mass is 411 g/mol. The molecule has 3 N–H and O–H groups in total. The first kappa shape index (κ1) is 20.8. The number of halogens is 2. The van der Waals surface area contributed by atoms with Crippen LogP contribution in [0.5, 0.6) is 5.75 Å². The van der Waals surface area contributed by atoms with Gasteiger partial charge in [-0.3, -0.25) is 9.59 Å². The number of carbonyl (C=O) groups excluding carboxylic acids is 2. The summed E-state index contributed by atoms with van der Waals surface area (Å²) < 4.78 is 29.4. The number of hydrogen-bond acceptors (Lipinski definition) is 4. The zero-order valence-corrected chi connectivity index (χ0v) is 15.8. The molecule has 0 fully saturated rings. The molecule has 0 aliphatic carbocycles. The molecule has 0 heterocycles. The fourth-order valence-corrected chi connectivity index (χ4v) is 2.69. The normalized spacial score (nSPS) is 10.4. The largest absolute Gasteiger partial charge is 0.433 e. The lowest BCUT2D eigenvalue weighted by Gasteiger charge is -2.14. The number of alkyl halides is 2. The van der Waals surface area contributed by atoms with Crippen molar-refractivity contribution < 1.29 is 23.1 Å². The summed E-state index contributed by atoms with van der Waals surface area (Å²) in [5.41, 5.74) is 1.50. The van der Waals surface area contributed by atoms with Gasteiger partial charge in [0.1, 0.15) is 5.75 Å². The van der Waals surface area contributed by atoms with Crippen LogP contribution in [0.3, 0.4) is 0 Å². The van der Waals surface area contributed by atoms with Gasteiger partial charge in [-0.05, 0) is 36.4 Å². The SMILES string of the molecule is O=C(CNc1ccccc1OC(F)F)Nc1ccccc1C(=O)Nc1ccccc1. The maximum absolute atomic E-state index is 12.6. The van der Waals surface area contributed by atoms with Gasteiger partial charge in [-0.15, -0.1) is 0 Å². The summed E-state index contributed by atoms with van der Waals surface area (Å²) in [5.74, 6) is -0.898. The lowest BCUT2D eigenvalue weighted by molar-refractivity contribution is -0.114. The van der Waals surface area contributed by atoms with Crippen molar-refractivity contribution in [3.8, 4) is 5.75 Å². The third-order valence-corrected chi connectivity index (χ3v) is 4.02. The van der Waals surface area contributed by atoms with Gasteiger partial charge in [0, 0.05) is 5.69 Å². The molecule has 2 amide bonds. The van der Waals surface area contributed by atoms with Crippen LogP contribution in [0.25, 0.3) is 0 Å². The topological polar surface area (TPSA) is 79.5 Å². The molecule has 0 aliphatic rings. The molecular weight excluding hydrogens is 392 g/mol. The Labute approximate surface area is 171 Å². The molecule has 0 aliphatic heterocycles. The number of rotatable bonds is 8. The van der Waals surface area contributed by atoms with Crippen LogP contribution in [0.4, 0.5) is 25.8 Å². The molecule has 30 heavy (non-hydrogen) atoms. The molecule has 0 bridgehead atoms. The van der Waals surface area contributed by atoms with Crippen molar-refractivity contribution in [2.45, 2.75) is 6.61 Å². The summed E-state index contributed by atoms with van der Waals surface area (Å²) in [7, 11) is 0. The maximum Gasteiger partial charge on any atom is 0.387 e.